The molecule has 0 bridgehead atoms. The number of rotatable bonds is 7. The first kappa shape index (κ1) is 18.7. The molecule has 0 radical (unpaired) electrons. The molecule has 5 rings (SSSR count). The zero-order chi connectivity index (χ0) is 19.5. The quantitative estimate of drug-likeness (QED) is 0.514. The van der Waals surface area contributed by atoms with Crippen LogP contribution in [0.3, 0.4) is 0 Å². The number of benzene rings is 2. The van der Waals surface area contributed by atoms with E-state index < -0.39 is 0 Å². The third-order valence-corrected chi connectivity index (χ3v) is 7.19. The van der Waals surface area contributed by atoms with E-state index in [1.165, 1.54) is 61.7 Å². The highest BCUT2D eigenvalue weighted by Crippen LogP contribution is 2.47. The third kappa shape index (κ3) is 4.06. The molecule has 1 aliphatic carbocycles. The number of hydrogen-bond acceptors (Lipinski definition) is 3. The standard InChI is InChI=1S/C26H32N2O/c1-2-7-22(8-3-1)21-26(12-5-13-26)14-6-15-27-16-18-28(19-17-27)24-10-4-9-23-11-20-29-25(23)24/h1-4,7-11,20H,5-6,12-19,21H2. The molecule has 0 amide bonds. The van der Waals surface area contributed by atoms with Crippen molar-refractivity contribution in [2.75, 3.05) is 37.6 Å². The molecule has 2 aromatic carbocycles. The summed E-state index contributed by atoms with van der Waals surface area (Å²) < 4.78 is 5.74. The summed E-state index contributed by atoms with van der Waals surface area (Å²) >= 11 is 0. The zero-order valence-electron chi connectivity index (χ0n) is 17.4. The lowest BCUT2D eigenvalue weighted by Gasteiger charge is -2.43. The van der Waals surface area contributed by atoms with Gasteiger partial charge in [-0.2, -0.15) is 0 Å². The van der Waals surface area contributed by atoms with E-state index in [9.17, 15) is 0 Å². The van der Waals surface area contributed by atoms with Crippen LogP contribution in [0.15, 0.2) is 65.3 Å². The van der Waals surface area contributed by atoms with Gasteiger partial charge in [0.2, 0.25) is 0 Å². The maximum atomic E-state index is 5.74. The first-order chi connectivity index (χ1) is 14.3. The normalized spacial score (nSPS) is 19.4. The molecule has 0 N–H and O–H groups in total. The summed E-state index contributed by atoms with van der Waals surface area (Å²) in [6.07, 6.45) is 10.1. The van der Waals surface area contributed by atoms with Crippen molar-refractivity contribution in [2.24, 2.45) is 5.41 Å². The van der Waals surface area contributed by atoms with Gasteiger partial charge < -0.3 is 9.32 Å². The van der Waals surface area contributed by atoms with Crippen molar-refractivity contribution in [1.29, 1.82) is 0 Å². The summed E-state index contributed by atoms with van der Waals surface area (Å²) in [5, 5.41) is 1.20. The highest BCUT2D eigenvalue weighted by atomic mass is 16.3. The molecule has 3 heteroatoms. The van der Waals surface area contributed by atoms with E-state index in [-0.39, 0.29) is 0 Å². The van der Waals surface area contributed by atoms with E-state index in [1.54, 1.807) is 6.26 Å². The van der Waals surface area contributed by atoms with E-state index in [1.807, 2.05) is 0 Å². The van der Waals surface area contributed by atoms with E-state index in [0.29, 0.717) is 5.41 Å². The van der Waals surface area contributed by atoms with Crippen molar-refractivity contribution in [1.82, 2.24) is 4.90 Å². The Hall–Kier alpha value is -2.26. The van der Waals surface area contributed by atoms with Crippen LogP contribution >= 0.6 is 0 Å². The fourth-order valence-electron chi connectivity index (χ4n) is 5.34. The average molecular weight is 389 g/mol. The number of piperazine rings is 1. The maximum Gasteiger partial charge on any atom is 0.157 e. The Kier molecular flexibility index (Phi) is 5.32. The Balaban J connectivity index is 1.11. The van der Waals surface area contributed by atoms with Gasteiger partial charge in [-0.3, -0.25) is 4.90 Å². The maximum absolute atomic E-state index is 5.74. The van der Waals surface area contributed by atoms with E-state index >= 15 is 0 Å². The van der Waals surface area contributed by atoms with Crippen LogP contribution in [-0.2, 0) is 6.42 Å². The highest BCUT2D eigenvalue weighted by molar-refractivity contribution is 5.89. The summed E-state index contributed by atoms with van der Waals surface area (Å²) in [6, 6.07) is 19.6. The van der Waals surface area contributed by atoms with Crippen LogP contribution in [0.1, 0.15) is 37.7 Å². The smallest absolute Gasteiger partial charge is 0.157 e. The molecular weight excluding hydrogens is 356 g/mol. The van der Waals surface area contributed by atoms with Gasteiger partial charge in [0.25, 0.3) is 0 Å². The SMILES string of the molecule is c1ccc(CC2(CCCN3CCN(c4cccc5ccoc45)CC3)CCC2)cc1. The molecule has 2 fully saturated rings. The van der Waals surface area contributed by atoms with E-state index in [2.05, 4.69) is 64.4 Å². The molecule has 0 unspecified atom stereocenters. The molecule has 29 heavy (non-hydrogen) atoms. The van der Waals surface area contributed by atoms with E-state index in [4.69, 9.17) is 4.42 Å². The minimum absolute atomic E-state index is 0.581. The second kappa shape index (κ2) is 8.23. The van der Waals surface area contributed by atoms with Crippen molar-refractivity contribution in [2.45, 2.75) is 38.5 Å². The molecule has 0 atom stereocenters. The molecule has 152 valence electrons. The van der Waals surface area contributed by atoms with Crippen LogP contribution in [0.25, 0.3) is 11.0 Å². The molecule has 1 saturated heterocycles. The molecule has 1 aromatic heterocycles. The van der Waals surface area contributed by atoms with Crippen LogP contribution in [0.2, 0.25) is 0 Å². The Morgan fingerprint density at radius 2 is 1.69 bits per heavy atom. The Labute approximate surface area is 174 Å². The van der Waals surface area contributed by atoms with Gasteiger partial charge in [0.05, 0.1) is 12.0 Å². The van der Waals surface area contributed by atoms with Crippen LogP contribution in [0, 0.1) is 5.41 Å². The zero-order valence-corrected chi connectivity index (χ0v) is 17.4. The minimum Gasteiger partial charge on any atom is -0.462 e. The fourth-order valence-corrected chi connectivity index (χ4v) is 5.34. The molecule has 2 heterocycles. The first-order valence-electron chi connectivity index (χ1n) is 11.3. The van der Waals surface area contributed by atoms with Crippen LogP contribution in [-0.4, -0.2) is 37.6 Å². The van der Waals surface area contributed by atoms with Crippen molar-refractivity contribution in [3.63, 3.8) is 0 Å². The van der Waals surface area contributed by atoms with Gasteiger partial charge in [-0.1, -0.05) is 48.9 Å². The van der Waals surface area contributed by atoms with Crippen molar-refractivity contribution < 1.29 is 4.42 Å². The monoisotopic (exact) mass is 388 g/mol. The summed E-state index contributed by atoms with van der Waals surface area (Å²) in [6.45, 7) is 5.74. The van der Waals surface area contributed by atoms with Gasteiger partial charge in [-0.25, -0.2) is 0 Å². The molecule has 1 aliphatic heterocycles. The minimum atomic E-state index is 0.581. The van der Waals surface area contributed by atoms with Gasteiger partial charge in [-0.15, -0.1) is 0 Å². The van der Waals surface area contributed by atoms with Gasteiger partial charge in [0.1, 0.15) is 0 Å². The second-order valence-electron chi connectivity index (χ2n) is 9.06. The van der Waals surface area contributed by atoms with Gasteiger partial charge in [0.15, 0.2) is 5.58 Å². The van der Waals surface area contributed by atoms with E-state index in [0.717, 1.165) is 31.8 Å². The lowest BCUT2D eigenvalue weighted by Crippen LogP contribution is -2.47. The fraction of sp³-hybridized carbons (Fsp3) is 0.462. The Morgan fingerprint density at radius 3 is 2.45 bits per heavy atom. The number of furan rings is 1. The number of anilines is 1. The molecular formula is C26H32N2O. The number of nitrogens with zero attached hydrogens (tertiary/aromatic N) is 2. The summed E-state index contributed by atoms with van der Waals surface area (Å²) in [5.41, 5.74) is 4.39. The second-order valence-corrected chi connectivity index (χ2v) is 9.06. The van der Waals surface area contributed by atoms with Crippen LogP contribution in [0.5, 0.6) is 0 Å². The van der Waals surface area contributed by atoms with Crippen molar-refractivity contribution in [3.05, 3.63) is 66.4 Å². The van der Waals surface area contributed by atoms with Gasteiger partial charge >= 0.3 is 0 Å². The van der Waals surface area contributed by atoms with Crippen LogP contribution < -0.4 is 4.90 Å². The molecule has 1 saturated carbocycles. The topological polar surface area (TPSA) is 19.6 Å². The van der Waals surface area contributed by atoms with Gasteiger partial charge in [-0.05, 0) is 61.8 Å². The van der Waals surface area contributed by atoms with Crippen molar-refractivity contribution >= 4 is 16.7 Å². The number of para-hydroxylation sites is 1. The number of fused-ring (bicyclic) bond motifs is 1. The lowest BCUT2D eigenvalue weighted by molar-refractivity contribution is 0.108. The molecule has 0 spiro atoms. The largest absolute Gasteiger partial charge is 0.462 e. The predicted molar refractivity (Wildman–Crippen MR) is 121 cm³/mol. The third-order valence-electron chi connectivity index (χ3n) is 7.19. The number of hydrogen-bond donors (Lipinski definition) is 0. The Bertz CT molecular complexity index is 920. The molecule has 3 nitrogen and oxygen atoms in total. The first-order valence-corrected chi connectivity index (χ1v) is 11.3. The van der Waals surface area contributed by atoms with Gasteiger partial charge in [0, 0.05) is 31.6 Å². The van der Waals surface area contributed by atoms with Crippen LogP contribution in [0.4, 0.5) is 5.69 Å². The highest BCUT2D eigenvalue weighted by Gasteiger charge is 2.36. The molecule has 3 aromatic rings. The van der Waals surface area contributed by atoms with Crippen molar-refractivity contribution in [3.8, 4) is 0 Å². The summed E-state index contributed by atoms with van der Waals surface area (Å²) in [4.78, 5) is 5.15. The lowest BCUT2D eigenvalue weighted by atomic mass is 9.63. The average Bonchev–Trinajstić information content (AvgIpc) is 3.22. The Morgan fingerprint density at radius 1 is 0.862 bits per heavy atom. The summed E-state index contributed by atoms with van der Waals surface area (Å²) in [7, 11) is 0. The molecule has 2 aliphatic rings. The predicted octanol–water partition coefficient (Wildman–Crippen LogP) is 5.75. The summed E-state index contributed by atoms with van der Waals surface area (Å²) in [5.74, 6) is 0.